The number of carbonyl (C=O) groups excluding carboxylic acids is 2. The maximum absolute atomic E-state index is 12.3. The van der Waals surface area contributed by atoms with E-state index in [2.05, 4.69) is 46.7 Å². The van der Waals surface area contributed by atoms with Crippen LogP contribution in [-0.2, 0) is 20.9 Å². The van der Waals surface area contributed by atoms with Gasteiger partial charge in [-0.15, -0.1) is 0 Å². The SMILES string of the molecule is Cc1ccc(CN2CCNC(=O)[C@H]2CC(=O)NCCCOC(C)C)cc1. The number of hydrogen-bond acceptors (Lipinski definition) is 4. The van der Waals surface area contributed by atoms with Crippen molar-refractivity contribution >= 4 is 11.8 Å². The smallest absolute Gasteiger partial charge is 0.237 e. The summed E-state index contributed by atoms with van der Waals surface area (Å²) in [6.07, 6.45) is 1.16. The summed E-state index contributed by atoms with van der Waals surface area (Å²) in [5.41, 5.74) is 2.36. The van der Waals surface area contributed by atoms with Crippen LogP contribution in [0.25, 0.3) is 0 Å². The molecule has 0 bridgehead atoms. The molecule has 6 heteroatoms. The molecule has 0 radical (unpaired) electrons. The number of hydrogen-bond donors (Lipinski definition) is 2. The molecule has 1 aromatic rings. The predicted molar refractivity (Wildman–Crippen MR) is 102 cm³/mol. The maximum atomic E-state index is 12.3. The van der Waals surface area contributed by atoms with E-state index in [1.165, 1.54) is 5.56 Å². The van der Waals surface area contributed by atoms with Gasteiger partial charge in [-0.3, -0.25) is 14.5 Å². The topological polar surface area (TPSA) is 70.7 Å². The highest BCUT2D eigenvalue weighted by Crippen LogP contribution is 2.14. The number of benzene rings is 1. The van der Waals surface area contributed by atoms with Gasteiger partial charge >= 0.3 is 0 Å². The van der Waals surface area contributed by atoms with E-state index in [1.54, 1.807) is 0 Å². The van der Waals surface area contributed by atoms with Crippen molar-refractivity contribution in [3.05, 3.63) is 35.4 Å². The molecule has 0 unspecified atom stereocenters. The first-order valence-electron chi connectivity index (χ1n) is 9.41. The lowest BCUT2D eigenvalue weighted by atomic mass is 10.1. The van der Waals surface area contributed by atoms with Gasteiger partial charge in [-0.2, -0.15) is 0 Å². The first kappa shape index (κ1) is 20.4. The molecule has 6 nitrogen and oxygen atoms in total. The molecular formula is C20H31N3O3. The molecule has 1 aromatic carbocycles. The predicted octanol–water partition coefficient (Wildman–Crippen LogP) is 1.62. The quantitative estimate of drug-likeness (QED) is 0.656. The van der Waals surface area contributed by atoms with Gasteiger partial charge < -0.3 is 15.4 Å². The van der Waals surface area contributed by atoms with E-state index in [9.17, 15) is 9.59 Å². The van der Waals surface area contributed by atoms with Crippen LogP contribution < -0.4 is 10.6 Å². The Bertz CT molecular complexity index is 586. The summed E-state index contributed by atoms with van der Waals surface area (Å²) >= 11 is 0. The Labute approximate surface area is 156 Å². The molecule has 0 aliphatic carbocycles. The standard InChI is InChI=1S/C20H31N3O3/c1-15(2)26-12-4-9-21-19(24)13-18-20(25)22-10-11-23(18)14-17-7-5-16(3)6-8-17/h5-8,15,18H,4,9-14H2,1-3H3,(H,21,24)(H,22,25)/t18-/m1/s1. The summed E-state index contributed by atoms with van der Waals surface area (Å²) in [5, 5.41) is 5.76. The van der Waals surface area contributed by atoms with Crippen LogP contribution in [0.3, 0.4) is 0 Å². The third-order valence-corrected chi connectivity index (χ3v) is 4.42. The number of nitrogens with one attached hydrogen (secondary N) is 2. The van der Waals surface area contributed by atoms with E-state index >= 15 is 0 Å². The second kappa shape index (κ2) is 10.3. The average Bonchev–Trinajstić information content (AvgIpc) is 2.59. The van der Waals surface area contributed by atoms with E-state index in [4.69, 9.17) is 4.74 Å². The molecule has 144 valence electrons. The average molecular weight is 361 g/mol. The Morgan fingerprint density at radius 1 is 1.35 bits per heavy atom. The number of amides is 2. The minimum atomic E-state index is -0.419. The number of nitrogens with zero attached hydrogens (tertiary/aromatic N) is 1. The van der Waals surface area contributed by atoms with Gasteiger partial charge in [0.2, 0.25) is 11.8 Å². The molecule has 1 saturated heterocycles. The van der Waals surface area contributed by atoms with Gasteiger partial charge in [-0.1, -0.05) is 29.8 Å². The van der Waals surface area contributed by atoms with Crippen LogP contribution in [0.4, 0.5) is 0 Å². The molecule has 1 heterocycles. The number of rotatable bonds is 9. The molecule has 2 rings (SSSR count). The molecule has 1 atom stereocenters. The van der Waals surface area contributed by atoms with E-state index in [0.717, 1.165) is 18.5 Å². The summed E-state index contributed by atoms with van der Waals surface area (Å²) < 4.78 is 5.46. The van der Waals surface area contributed by atoms with Crippen molar-refractivity contribution in [3.8, 4) is 0 Å². The molecule has 2 N–H and O–H groups in total. The Balaban J connectivity index is 1.84. The molecule has 0 spiro atoms. The number of aryl methyl sites for hydroxylation is 1. The molecule has 26 heavy (non-hydrogen) atoms. The van der Waals surface area contributed by atoms with Crippen molar-refractivity contribution in [2.24, 2.45) is 0 Å². The summed E-state index contributed by atoms with van der Waals surface area (Å²) in [7, 11) is 0. The second-order valence-electron chi connectivity index (χ2n) is 7.09. The Morgan fingerprint density at radius 3 is 2.77 bits per heavy atom. The van der Waals surface area contributed by atoms with Crippen molar-refractivity contribution in [3.63, 3.8) is 0 Å². The zero-order chi connectivity index (χ0) is 18.9. The van der Waals surface area contributed by atoms with Gasteiger partial charge in [-0.25, -0.2) is 0 Å². The highest BCUT2D eigenvalue weighted by Gasteiger charge is 2.31. The summed E-state index contributed by atoms with van der Waals surface area (Å²) in [6.45, 7) is 9.27. The molecule has 0 aromatic heterocycles. The summed E-state index contributed by atoms with van der Waals surface area (Å²) in [6, 6.07) is 7.87. The second-order valence-corrected chi connectivity index (χ2v) is 7.09. The van der Waals surface area contributed by atoms with Crippen LogP contribution in [0, 0.1) is 6.92 Å². The lowest BCUT2D eigenvalue weighted by Crippen LogP contribution is -2.56. The zero-order valence-corrected chi connectivity index (χ0v) is 16.1. The Hall–Kier alpha value is -1.92. The van der Waals surface area contributed by atoms with Crippen LogP contribution in [-0.4, -0.2) is 55.1 Å². The van der Waals surface area contributed by atoms with E-state index in [1.807, 2.05) is 13.8 Å². The summed E-state index contributed by atoms with van der Waals surface area (Å²) in [5.74, 6) is -0.160. The largest absolute Gasteiger partial charge is 0.379 e. The van der Waals surface area contributed by atoms with Crippen LogP contribution in [0.2, 0.25) is 0 Å². The highest BCUT2D eigenvalue weighted by atomic mass is 16.5. The van der Waals surface area contributed by atoms with E-state index < -0.39 is 6.04 Å². The van der Waals surface area contributed by atoms with Crippen molar-refractivity contribution in [2.75, 3.05) is 26.2 Å². The number of carbonyl (C=O) groups is 2. The van der Waals surface area contributed by atoms with Crippen LogP contribution in [0.1, 0.15) is 37.8 Å². The third kappa shape index (κ3) is 6.77. The van der Waals surface area contributed by atoms with Gasteiger partial charge in [0.25, 0.3) is 0 Å². The van der Waals surface area contributed by atoms with Crippen molar-refractivity contribution < 1.29 is 14.3 Å². The normalized spacial score (nSPS) is 18.0. The number of ether oxygens (including phenoxy) is 1. The Morgan fingerprint density at radius 2 is 2.08 bits per heavy atom. The van der Waals surface area contributed by atoms with Crippen LogP contribution >= 0.6 is 0 Å². The van der Waals surface area contributed by atoms with Gasteiger partial charge in [0.05, 0.1) is 18.6 Å². The molecule has 0 saturated carbocycles. The fourth-order valence-electron chi connectivity index (χ4n) is 2.97. The molecule has 2 amide bonds. The minimum absolute atomic E-state index is 0.0679. The molecular weight excluding hydrogens is 330 g/mol. The van der Waals surface area contributed by atoms with Crippen molar-refractivity contribution in [1.29, 1.82) is 0 Å². The zero-order valence-electron chi connectivity index (χ0n) is 16.1. The monoisotopic (exact) mass is 361 g/mol. The van der Waals surface area contributed by atoms with Gasteiger partial charge in [0.15, 0.2) is 0 Å². The van der Waals surface area contributed by atoms with Crippen LogP contribution in [0.15, 0.2) is 24.3 Å². The lowest BCUT2D eigenvalue weighted by molar-refractivity contribution is -0.134. The lowest BCUT2D eigenvalue weighted by Gasteiger charge is -2.34. The first-order valence-corrected chi connectivity index (χ1v) is 9.41. The fraction of sp³-hybridized carbons (Fsp3) is 0.600. The molecule has 1 fully saturated rings. The third-order valence-electron chi connectivity index (χ3n) is 4.42. The van der Waals surface area contributed by atoms with Gasteiger partial charge in [0, 0.05) is 32.8 Å². The van der Waals surface area contributed by atoms with Crippen LogP contribution in [0.5, 0.6) is 0 Å². The first-order chi connectivity index (χ1) is 12.5. The maximum Gasteiger partial charge on any atom is 0.237 e. The van der Waals surface area contributed by atoms with Crippen molar-refractivity contribution in [1.82, 2.24) is 15.5 Å². The fourth-order valence-corrected chi connectivity index (χ4v) is 2.97. The van der Waals surface area contributed by atoms with Gasteiger partial charge in [-0.05, 0) is 32.8 Å². The van der Waals surface area contributed by atoms with E-state index in [-0.39, 0.29) is 24.3 Å². The molecule has 1 aliphatic heterocycles. The minimum Gasteiger partial charge on any atom is -0.379 e. The number of piperazine rings is 1. The summed E-state index contributed by atoms with van der Waals surface area (Å²) in [4.78, 5) is 26.6. The van der Waals surface area contributed by atoms with Gasteiger partial charge in [0.1, 0.15) is 0 Å². The molecule has 1 aliphatic rings. The van der Waals surface area contributed by atoms with Crippen molar-refractivity contribution in [2.45, 2.75) is 52.3 Å². The highest BCUT2D eigenvalue weighted by molar-refractivity contribution is 5.88. The Kier molecular flexibility index (Phi) is 8.06. The van der Waals surface area contributed by atoms with E-state index in [0.29, 0.717) is 26.2 Å².